The van der Waals surface area contributed by atoms with Crippen LogP contribution in [0.1, 0.15) is 17.4 Å². The predicted molar refractivity (Wildman–Crippen MR) is 77.1 cm³/mol. The molecule has 0 bridgehead atoms. The van der Waals surface area contributed by atoms with E-state index in [9.17, 15) is 9.90 Å². The number of aliphatic hydroxyl groups is 1. The lowest BCUT2D eigenvalue weighted by molar-refractivity contribution is -0.123. The minimum absolute atomic E-state index is 0.422. The second-order valence-corrected chi connectivity index (χ2v) is 6.08. The van der Waals surface area contributed by atoms with Gasteiger partial charge in [-0.25, -0.2) is 0 Å². The average Bonchev–Trinajstić information content (AvgIpc) is 2.83. The van der Waals surface area contributed by atoms with E-state index in [2.05, 4.69) is 10.4 Å². The van der Waals surface area contributed by atoms with Crippen LogP contribution in [-0.4, -0.2) is 20.8 Å². The number of carbonyl (C=O) groups is 1. The number of halogens is 1. The van der Waals surface area contributed by atoms with Crippen molar-refractivity contribution in [2.24, 2.45) is 7.05 Å². The van der Waals surface area contributed by atoms with Crippen molar-refractivity contribution >= 4 is 35.0 Å². The molecule has 0 aliphatic carbocycles. The molecule has 0 saturated carbocycles. The Morgan fingerprint density at radius 2 is 2.20 bits per heavy atom. The SMILES string of the molecule is Cc1cc(Sc2cc3c(cc2Cl)C(O)C(=O)N3)n(C)n1. The normalized spacial score (nSPS) is 17.2. The first-order chi connectivity index (χ1) is 9.45. The molecule has 0 spiro atoms. The summed E-state index contributed by atoms with van der Waals surface area (Å²) in [5, 5.41) is 18.1. The Kier molecular flexibility index (Phi) is 3.24. The molecule has 1 aromatic carbocycles. The number of fused-ring (bicyclic) bond motifs is 1. The van der Waals surface area contributed by atoms with Crippen molar-refractivity contribution in [3.05, 3.63) is 34.5 Å². The van der Waals surface area contributed by atoms with E-state index in [1.165, 1.54) is 11.8 Å². The Hall–Kier alpha value is -1.50. The highest BCUT2D eigenvalue weighted by Gasteiger charge is 2.29. The minimum Gasteiger partial charge on any atom is -0.378 e. The lowest BCUT2D eigenvalue weighted by atomic mass is 10.1. The first-order valence-electron chi connectivity index (χ1n) is 5.96. The number of carbonyl (C=O) groups excluding carboxylic acids is 1. The van der Waals surface area contributed by atoms with E-state index in [1.54, 1.807) is 16.8 Å². The molecule has 1 aromatic heterocycles. The van der Waals surface area contributed by atoms with Gasteiger partial charge in [0, 0.05) is 23.2 Å². The highest BCUT2D eigenvalue weighted by molar-refractivity contribution is 7.99. The van der Waals surface area contributed by atoms with Gasteiger partial charge in [-0.1, -0.05) is 23.4 Å². The van der Waals surface area contributed by atoms with Crippen molar-refractivity contribution in [3.63, 3.8) is 0 Å². The van der Waals surface area contributed by atoms with Crippen LogP contribution in [0.3, 0.4) is 0 Å². The van der Waals surface area contributed by atoms with Gasteiger partial charge in [-0.15, -0.1) is 0 Å². The number of aromatic nitrogens is 2. The molecule has 0 radical (unpaired) electrons. The Balaban J connectivity index is 1.98. The van der Waals surface area contributed by atoms with Crippen molar-refractivity contribution in [3.8, 4) is 0 Å². The molecule has 5 nitrogen and oxygen atoms in total. The lowest BCUT2D eigenvalue weighted by Gasteiger charge is -2.08. The van der Waals surface area contributed by atoms with E-state index in [4.69, 9.17) is 11.6 Å². The maximum absolute atomic E-state index is 11.4. The van der Waals surface area contributed by atoms with Gasteiger partial charge in [0.25, 0.3) is 5.91 Å². The second kappa shape index (κ2) is 4.80. The lowest BCUT2D eigenvalue weighted by Crippen LogP contribution is -2.10. The maximum atomic E-state index is 11.4. The molecule has 2 aromatic rings. The number of rotatable bonds is 2. The van der Waals surface area contributed by atoms with Crippen molar-refractivity contribution in [2.75, 3.05) is 5.32 Å². The van der Waals surface area contributed by atoms with Gasteiger partial charge in [0.1, 0.15) is 0 Å². The molecule has 20 heavy (non-hydrogen) atoms. The number of benzene rings is 1. The summed E-state index contributed by atoms with van der Waals surface area (Å²) < 4.78 is 1.77. The third-order valence-corrected chi connectivity index (χ3v) is 4.65. The van der Waals surface area contributed by atoms with Gasteiger partial charge in [0.05, 0.1) is 15.7 Å². The zero-order chi connectivity index (χ0) is 14.4. The molecule has 7 heteroatoms. The molecular weight excluding hydrogens is 298 g/mol. The zero-order valence-corrected chi connectivity index (χ0v) is 12.4. The third kappa shape index (κ3) is 2.19. The molecule has 1 aliphatic heterocycles. The fourth-order valence-electron chi connectivity index (χ4n) is 2.12. The van der Waals surface area contributed by atoms with Gasteiger partial charge in [-0.3, -0.25) is 9.48 Å². The van der Waals surface area contributed by atoms with Gasteiger partial charge < -0.3 is 10.4 Å². The van der Waals surface area contributed by atoms with Gasteiger partial charge in [-0.05, 0) is 25.1 Å². The molecule has 3 rings (SSSR count). The Bertz CT molecular complexity index is 714. The average molecular weight is 310 g/mol. The number of anilines is 1. The fourth-order valence-corrected chi connectivity index (χ4v) is 3.37. The Labute approximate surface area is 124 Å². The highest BCUT2D eigenvalue weighted by atomic mass is 35.5. The maximum Gasteiger partial charge on any atom is 0.257 e. The highest BCUT2D eigenvalue weighted by Crippen LogP contribution is 2.41. The van der Waals surface area contributed by atoms with E-state index < -0.39 is 12.0 Å². The van der Waals surface area contributed by atoms with Crippen LogP contribution in [0.15, 0.2) is 28.1 Å². The van der Waals surface area contributed by atoms with Crippen molar-refractivity contribution in [2.45, 2.75) is 22.9 Å². The minimum atomic E-state index is -1.14. The Morgan fingerprint density at radius 1 is 1.45 bits per heavy atom. The van der Waals surface area contributed by atoms with Crippen LogP contribution in [0.25, 0.3) is 0 Å². The molecule has 1 unspecified atom stereocenters. The largest absolute Gasteiger partial charge is 0.378 e. The molecule has 2 heterocycles. The molecule has 1 atom stereocenters. The van der Waals surface area contributed by atoms with Crippen molar-refractivity contribution in [1.82, 2.24) is 9.78 Å². The standard InChI is InChI=1S/C13H12ClN3O2S/c1-6-3-11(17(2)16-6)20-10-5-9-7(4-8(10)14)12(18)13(19)15-9/h3-5,12,18H,1-2H3,(H,15,19). The molecular formula is C13H12ClN3O2S. The smallest absolute Gasteiger partial charge is 0.257 e. The first kappa shape index (κ1) is 13.5. The second-order valence-electron chi connectivity index (χ2n) is 4.61. The number of hydrogen-bond donors (Lipinski definition) is 2. The van der Waals surface area contributed by atoms with E-state index in [1.807, 2.05) is 20.0 Å². The number of hydrogen-bond acceptors (Lipinski definition) is 4. The monoisotopic (exact) mass is 309 g/mol. The van der Waals surface area contributed by atoms with Crippen molar-refractivity contribution < 1.29 is 9.90 Å². The number of aryl methyl sites for hydroxylation is 2. The van der Waals surface area contributed by atoms with Crippen molar-refractivity contribution in [1.29, 1.82) is 0 Å². The van der Waals surface area contributed by atoms with Crippen LogP contribution in [0.5, 0.6) is 0 Å². The van der Waals surface area contributed by atoms with Crippen LogP contribution in [0.2, 0.25) is 5.02 Å². The summed E-state index contributed by atoms with van der Waals surface area (Å²) >= 11 is 7.70. The summed E-state index contributed by atoms with van der Waals surface area (Å²) in [5.74, 6) is -0.422. The van der Waals surface area contributed by atoms with Crippen LogP contribution < -0.4 is 5.32 Å². The number of nitrogens with zero attached hydrogens (tertiary/aromatic N) is 2. The summed E-state index contributed by atoms with van der Waals surface area (Å²) in [4.78, 5) is 12.3. The number of nitrogens with one attached hydrogen (secondary N) is 1. The summed E-state index contributed by atoms with van der Waals surface area (Å²) in [6, 6.07) is 5.37. The molecule has 1 amide bonds. The summed E-state index contributed by atoms with van der Waals surface area (Å²) in [6.45, 7) is 1.92. The predicted octanol–water partition coefficient (Wildman–Crippen LogP) is 2.52. The topological polar surface area (TPSA) is 67.2 Å². The fraction of sp³-hybridized carbons (Fsp3) is 0.231. The number of aliphatic hydroxyl groups excluding tert-OH is 1. The van der Waals surface area contributed by atoms with Gasteiger partial charge >= 0.3 is 0 Å². The van der Waals surface area contributed by atoms with Crippen LogP contribution in [-0.2, 0) is 11.8 Å². The van der Waals surface area contributed by atoms with Gasteiger partial charge in [0.2, 0.25) is 0 Å². The number of amides is 1. The van der Waals surface area contributed by atoms with E-state index in [0.29, 0.717) is 16.3 Å². The molecule has 104 valence electrons. The zero-order valence-electron chi connectivity index (χ0n) is 10.8. The van der Waals surface area contributed by atoms with Gasteiger partial charge in [-0.2, -0.15) is 5.10 Å². The van der Waals surface area contributed by atoms with Crippen LogP contribution in [0.4, 0.5) is 5.69 Å². The van der Waals surface area contributed by atoms with Crippen LogP contribution >= 0.6 is 23.4 Å². The van der Waals surface area contributed by atoms with E-state index in [-0.39, 0.29) is 0 Å². The first-order valence-corrected chi connectivity index (χ1v) is 7.16. The Morgan fingerprint density at radius 3 is 2.85 bits per heavy atom. The molecule has 0 fully saturated rings. The molecule has 0 saturated heterocycles. The third-order valence-electron chi connectivity index (χ3n) is 3.08. The molecule has 2 N–H and O–H groups in total. The van der Waals surface area contributed by atoms with Crippen LogP contribution in [0, 0.1) is 6.92 Å². The summed E-state index contributed by atoms with van der Waals surface area (Å²) in [6.07, 6.45) is -1.14. The van der Waals surface area contributed by atoms with E-state index in [0.717, 1.165) is 15.6 Å². The van der Waals surface area contributed by atoms with Gasteiger partial charge in [0.15, 0.2) is 6.10 Å². The summed E-state index contributed by atoms with van der Waals surface area (Å²) in [5.41, 5.74) is 2.05. The molecule has 1 aliphatic rings. The summed E-state index contributed by atoms with van der Waals surface area (Å²) in [7, 11) is 1.86. The van der Waals surface area contributed by atoms with E-state index >= 15 is 0 Å². The quantitative estimate of drug-likeness (QED) is 0.894.